The molecule has 8 nitrogen and oxygen atoms in total. The van der Waals surface area contributed by atoms with Crippen LogP contribution in [-0.4, -0.2) is 123 Å². The molecule has 2 N–H and O–H groups in total. The molecule has 0 aromatic heterocycles. The fourth-order valence-electron chi connectivity index (χ4n) is 3.88. The molecule has 0 spiro atoms. The van der Waals surface area contributed by atoms with Crippen LogP contribution < -0.4 is 5.32 Å². The van der Waals surface area contributed by atoms with Crippen molar-refractivity contribution in [3.05, 3.63) is 0 Å². The molecule has 0 bridgehead atoms. The fraction of sp³-hybridized carbons (Fsp3) is 0.885. The van der Waals surface area contributed by atoms with Gasteiger partial charge in [0, 0.05) is 6.54 Å². The number of hydrogen-bond donors (Lipinski definition) is 2. The van der Waals surface area contributed by atoms with Crippen LogP contribution in [0.2, 0.25) is 0 Å². The van der Waals surface area contributed by atoms with Gasteiger partial charge in [0.25, 0.3) is 0 Å². The van der Waals surface area contributed by atoms with Gasteiger partial charge < -0.3 is 19.1 Å². The number of carbonyl (C=O) groups excluding carboxylic acids is 2. The number of aliphatic carboxylic acids is 1. The number of halogens is 14. The topological polar surface area (TPSA) is 102 Å². The summed E-state index contributed by atoms with van der Waals surface area (Å²) in [5.74, 6) is -42.0. The normalized spacial score (nSPS) is 14.5. The molecule has 0 amide bonds. The zero-order valence-corrected chi connectivity index (χ0v) is 25.7. The number of nitrogens with one attached hydrogen (secondary N) is 1. The van der Waals surface area contributed by atoms with Crippen molar-refractivity contribution < 1.29 is 94.9 Å². The first-order valence-corrected chi connectivity index (χ1v) is 14.2. The first-order chi connectivity index (χ1) is 21.6. The summed E-state index contributed by atoms with van der Waals surface area (Å²) in [6.45, 7) is -3.43. The standard InChI is InChI=1S/C26H36F14N2O6/c1-42(2,16-18(43)44)12-11-41-17(15-19(45)47-13-8-6-4-3-5-7-10-27)20(46)48-14-9-21(28,29)22(30,31)23(32,33)24(34,35)25(36,37)26(38,39)40/h17,41H,3-16H2,1-2H3/p+1. The number of ether oxygens (including phenoxy) is 2. The van der Waals surface area contributed by atoms with Crippen LogP contribution in [0.25, 0.3) is 0 Å². The molecule has 0 saturated heterocycles. The number of rotatable bonds is 24. The van der Waals surface area contributed by atoms with Crippen molar-refractivity contribution in [1.29, 1.82) is 0 Å². The molecule has 0 saturated carbocycles. The third kappa shape index (κ3) is 12.3. The van der Waals surface area contributed by atoms with E-state index in [-0.39, 0.29) is 24.2 Å². The molecule has 0 aliphatic carbocycles. The Bertz CT molecular complexity index is 1040. The summed E-state index contributed by atoms with van der Waals surface area (Å²) < 4.78 is 194. The minimum atomic E-state index is -8.07. The zero-order chi connectivity index (χ0) is 37.8. The van der Waals surface area contributed by atoms with Gasteiger partial charge >= 0.3 is 53.7 Å². The van der Waals surface area contributed by atoms with Crippen molar-refractivity contribution in [2.75, 3.05) is 53.6 Å². The number of esters is 2. The van der Waals surface area contributed by atoms with Crippen LogP contribution in [0.4, 0.5) is 61.5 Å². The van der Waals surface area contributed by atoms with Crippen molar-refractivity contribution >= 4 is 17.9 Å². The minimum Gasteiger partial charge on any atom is -0.477 e. The van der Waals surface area contributed by atoms with Gasteiger partial charge in [-0.15, -0.1) is 0 Å². The average molecular weight is 740 g/mol. The summed E-state index contributed by atoms with van der Waals surface area (Å²) >= 11 is 0. The largest absolute Gasteiger partial charge is 0.477 e. The highest BCUT2D eigenvalue weighted by Crippen LogP contribution is 2.60. The minimum absolute atomic E-state index is 0.0658. The maximum absolute atomic E-state index is 14.1. The smallest absolute Gasteiger partial charge is 0.460 e. The average Bonchev–Trinajstić information content (AvgIpc) is 2.91. The monoisotopic (exact) mass is 739 g/mol. The lowest BCUT2D eigenvalue weighted by Gasteiger charge is -2.39. The lowest BCUT2D eigenvalue weighted by molar-refractivity contribution is -0.881. The van der Waals surface area contributed by atoms with E-state index >= 15 is 0 Å². The highest BCUT2D eigenvalue weighted by Gasteiger charge is 2.90. The molecule has 0 aliphatic heterocycles. The summed E-state index contributed by atoms with van der Waals surface area (Å²) in [6.07, 6.45) is -7.93. The number of nitrogens with zero attached hydrogens (tertiary/aromatic N) is 1. The Morgan fingerprint density at radius 2 is 1.21 bits per heavy atom. The lowest BCUT2D eigenvalue weighted by Crippen LogP contribution is -2.70. The van der Waals surface area contributed by atoms with Crippen LogP contribution in [0.5, 0.6) is 0 Å². The molecule has 284 valence electrons. The molecule has 0 fully saturated rings. The summed E-state index contributed by atoms with van der Waals surface area (Å²) in [5.41, 5.74) is 0. The second-order valence-electron chi connectivity index (χ2n) is 11.4. The molecule has 0 rings (SSSR count). The highest BCUT2D eigenvalue weighted by atomic mass is 19.4. The molecule has 0 radical (unpaired) electrons. The third-order valence-corrected chi connectivity index (χ3v) is 6.78. The first-order valence-electron chi connectivity index (χ1n) is 14.2. The van der Waals surface area contributed by atoms with Crippen molar-refractivity contribution in [2.45, 2.75) is 93.2 Å². The van der Waals surface area contributed by atoms with Crippen molar-refractivity contribution in [3.63, 3.8) is 0 Å². The number of likely N-dealkylation sites (N-methyl/N-ethyl adjacent to an activating group) is 1. The predicted octanol–water partition coefficient (Wildman–Crippen LogP) is 6.02. The van der Waals surface area contributed by atoms with E-state index in [4.69, 9.17) is 9.84 Å². The Hall–Kier alpha value is -2.65. The van der Waals surface area contributed by atoms with Crippen molar-refractivity contribution in [1.82, 2.24) is 5.32 Å². The lowest BCUT2D eigenvalue weighted by atomic mass is 9.93. The SMILES string of the molecule is C[N+](C)(CCNC(CC(=O)OCCCCCCCCF)C(=O)OCCC(F)(F)C(F)(F)C(F)(F)C(F)(F)C(F)(F)C(F)(F)F)CC(=O)O. The van der Waals surface area contributed by atoms with Crippen molar-refractivity contribution in [3.8, 4) is 0 Å². The van der Waals surface area contributed by atoms with E-state index in [2.05, 4.69) is 10.1 Å². The van der Waals surface area contributed by atoms with Crippen LogP contribution in [0.3, 0.4) is 0 Å². The quantitative estimate of drug-likeness (QED) is 0.0541. The fourth-order valence-corrected chi connectivity index (χ4v) is 3.88. The number of carboxylic acid groups (broad SMARTS) is 1. The van der Waals surface area contributed by atoms with Gasteiger partial charge in [-0.05, 0) is 12.8 Å². The Morgan fingerprint density at radius 1 is 0.708 bits per heavy atom. The summed E-state index contributed by atoms with van der Waals surface area (Å²) in [5, 5.41) is 11.4. The van der Waals surface area contributed by atoms with Crippen LogP contribution in [0.15, 0.2) is 0 Å². The second-order valence-corrected chi connectivity index (χ2v) is 11.4. The van der Waals surface area contributed by atoms with Gasteiger partial charge in [0.15, 0.2) is 6.54 Å². The predicted molar refractivity (Wildman–Crippen MR) is 137 cm³/mol. The maximum atomic E-state index is 14.1. The Morgan fingerprint density at radius 3 is 1.71 bits per heavy atom. The molecule has 22 heteroatoms. The number of alkyl halides is 14. The van der Waals surface area contributed by atoms with Crippen LogP contribution in [0, 0.1) is 0 Å². The third-order valence-electron chi connectivity index (χ3n) is 6.78. The van der Waals surface area contributed by atoms with E-state index in [1.807, 2.05) is 0 Å². The zero-order valence-electron chi connectivity index (χ0n) is 25.7. The van der Waals surface area contributed by atoms with E-state index in [1.165, 1.54) is 14.1 Å². The van der Waals surface area contributed by atoms with Gasteiger partial charge in [-0.2, -0.15) is 57.1 Å². The Labute approximate surface area is 265 Å². The van der Waals surface area contributed by atoms with E-state index in [1.54, 1.807) is 0 Å². The molecule has 0 aliphatic rings. The van der Waals surface area contributed by atoms with Crippen LogP contribution in [0.1, 0.15) is 51.4 Å². The molecule has 0 heterocycles. The van der Waals surface area contributed by atoms with Crippen LogP contribution in [-0.2, 0) is 23.9 Å². The van der Waals surface area contributed by atoms with E-state index in [0.717, 1.165) is 0 Å². The van der Waals surface area contributed by atoms with Crippen LogP contribution >= 0.6 is 0 Å². The Kier molecular flexibility index (Phi) is 16.9. The second kappa shape index (κ2) is 17.8. The van der Waals surface area contributed by atoms with E-state index < -0.39 is 92.4 Å². The summed E-state index contributed by atoms with van der Waals surface area (Å²) in [7, 11) is 2.86. The number of carboxylic acids is 1. The first kappa shape index (κ1) is 45.3. The van der Waals surface area contributed by atoms with Gasteiger partial charge in [0.1, 0.15) is 6.04 Å². The van der Waals surface area contributed by atoms with Gasteiger partial charge in [0.2, 0.25) is 0 Å². The molecular formula is C26H37F14N2O6+. The number of carbonyl (C=O) groups is 3. The number of quaternary nitrogens is 1. The Balaban J connectivity index is 5.60. The van der Waals surface area contributed by atoms with Crippen molar-refractivity contribution in [2.24, 2.45) is 0 Å². The number of unbranched alkanes of at least 4 members (excludes halogenated alkanes) is 5. The summed E-state index contributed by atoms with van der Waals surface area (Å²) in [6, 6.07) is -1.83. The maximum Gasteiger partial charge on any atom is 0.460 e. The molecular weight excluding hydrogens is 702 g/mol. The van der Waals surface area contributed by atoms with Gasteiger partial charge in [0.05, 0.1) is 53.4 Å². The molecule has 0 aromatic carbocycles. The highest BCUT2D eigenvalue weighted by molar-refractivity contribution is 5.82. The molecule has 1 atom stereocenters. The molecule has 48 heavy (non-hydrogen) atoms. The molecule has 0 aromatic rings. The number of hydrogen-bond acceptors (Lipinski definition) is 6. The van der Waals surface area contributed by atoms with Gasteiger partial charge in [-0.25, -0.2) is 4.79 Å². The van der Waals surface area contributed by atoms with Gasteiger partial charge in [-0.3, -0.25) is 19.3 Å². The van der Waals surface area contributed by atoms with E-state index in [9.17, 15) is 75.8 Å². The van der Waals surface area contributed by atoms with E-state index in [0.29, 0.717) is 38.5 Å². The summed E-state index contributed by atoms with van der Waals surface area (Å²) in [4.78, 5) is 35.7. The van der Waals surface area contributed by atoms with Gasteiger partial charge in [-0.1, -0.05) is 25.7 Å². The molecule has 1 unspecified atom stereocenters.